The first kappa shape index (κ1) is 21.6. The Kier molecular flexibility index (Phi) is 5.96. The molecule has 0 spiro atoms. The number of hydrogen-bond acceptors (Lipinski definition) is 7. The number of benzene rings is 2. The number of carbonyl (C=O) groups excluding carboxylic acids is 2. The lowest BCUT2D eigenvalue weighted by Gasteiger charge is -2.15. The van der Waals surface area contributed by atoms with Crippen LogP contribution in [0.2, 0.25) is 0 Å². The SMILES string of the molecule is CCc1ccc2oc(-c3ccc(C)c(NC4=C(C(=O)OC)CN(CCO)C4=O)c3)nc2c1. The number of methoxy groups -OCH3 is 1. The first-order valence-electron chi connectivity index (χ1n) is 10.4. The molecule has 0 unspecified atom stereocenters. The highest BCUT2D eigenvalue weighted by Gasteiger charge is 2.34. The van der Waals surface area contributed by atoms with E-state index >= 15 is 0 Å². The van der Waals surface area contributed by atoms with Crippen molar-refractivity contribution in [3.05, 3.63) is 58.8 Å². The van der Waals surface area contributed by atoms with E-state index in [0.29, 0.717) is 17.2 Å². The molecular formula is C24H25N3O5. The van der Waals surface area contributed by atoms with Crippen LogP contribution in [0.15, 0.2) is 52.1 Å². The normalized spacial score (nSPS) is 13.9. The largest absolute Gasteiger partial charge is 0.466 e. The third-order valence-corrected chi connectivity index (χ3v) is 5.56. The lowest BCUT2D eigenvalue weighted by Crippen LogP contribution is -2.31. The molecule has 3 aromatic rings. The Hall–Kier alpha value is -3.65. The summed E-state index contributed by atoms with van der Waals surface area (Å²) >= 11 is 0. The summed E-state index contributed by atoms with van der Waals surface area (Å²) in [5.74, 6) is -0.475. The number of rotatable bonds is 7. The number of anilines is 1. The van der Waals surface area contributed by atoms with E-state index in [4.69, 9.17) is 9.15 Å². The summed E-state index contributed by atoms with van der Waals surface area (Å²) in [6.45, 7) is 4.00. The van der Waals surface area contributed by atoms with Crippen LogP contribution in [0.3, 0.4) is 0 Å². The number of fused-ring (bicyclic) bond motifs is 1. The molecule has 0 atom stereocenters. The van der Waals surface area contributed by atoms with Crippen LogP contribution in [0.5, 0.6) is 0 Å². The molecular weight excluding hydrogens is 410 g/mol. The van der Waals surface area contributed by atoms with Crippen LogP contribution < -0.4 is 5.32 Å². The van der Waals surface area contributed by atoms with Gasteiger partial charge in [-0.1, -0.05) is 19.1 Å². The highest BCUT2D eigenvalue weighted by molar-refractivity contribution is 6.08. The maximum Gasteiger partial charge on any atom is 0.337 e. The van der Waals surface area contributed by atoms with Gasteiger partial charge in [0.1, 0.15) is 11.2 Å². The number of aliphatic hydroxyl groups excluding tert-OH is 1. The predicted molar refractivity (Wildman–Crippen MR) is 120 cm³/mol. The maximum atomic E-state index is 12.8. The van der Waals surface area contributed by atoms with Gasteiger partial charge in [-0.25, -0.2) is 9.78 Å². The van der Waals surface area contributed by atoms with Crippen molar-refractivity contribution in [2.75, 3.05) is 32.1 Å². The van der Waals surface area contributed by atoms with Crippen molar-refractivity contribution in [3.8, 4) is 11.5 Å². The monoisotopic (exact) mass is 435 g/mol. The van der Waals surface area contributed by atoms with Crippen LogP contribution in [-0.2, 0) is 20.7 Å². The molecule has 32 heavy (non-hydrogen) atoms. The number of amides is 1. The molecule has 8 heteroatoms. The Bertz CT molecular complexity index is 1230. The fourth-order valence-corrected chi connectivity index (χ4v) is 3.69. The average molecular weight is 435 g/mol. The molecule has 0 saturated carbocycles. The highest BCUT2D eigenvalue weighted by Crippen LogP contribution is 2.30. The van der Waals surface area contributed by atoms with Gasteiger partial charge >= 0.3 is 5.97 Å². The van der Waals surface area contributed by atoms with Gasteiger partial charge in [0.05, 0.1) is 25.8 Å². The Morgan fingerprint density at radius 3 is 2.81 bits per heavy atom. The van der Waals surface area contributed by atoms with Gasteiger partial charge in [-0.2, -0.15) is 0 Å². The molecule has 1 amide bonds. The van der Waals surface area contributed by atoms with E-state index in [2.05, 4.69) is 17.2 Å². The Balaban J connectivity index is 1.70. The number of ether oxygens (including phenoxy) is 1. The smallest absolute Gasteiger partial charge is 0.337 e. The molecule has 0 aliphatic carbocycles. The van der Waals surface area contributed by atoms with Crippen LogP contribution >= 0.6 is 0 Å². The topological polar surface area (TPSA) is 105 Å². The second-order valence-corrected chi connectivity index (χ2v) is 7.62. The molecule has 1 aromatic heterocycles. The predicted octanol–water partition coefficient (Wildman–Crippen LogP) is 3.04. The second kappa shape index (κ2) is 8.84. The number of β-amino-alcohol motifs (C(OH)–C–C–N with tert-alkyl or cyclic N) is 1. The molecule has 2 heterocycles. The van der Waals surface area contributed by atoms with Gasteiger partial charge in [-0.15, -0.1) is 0 Å². The summed E-state index contributed by atoms with van der Waals surface area (Å²) in [4.78, 5) is 31.1. The van der Waals surface area contributed by atoms with Gasteiger partial charge in [-0.3, -0.25) is 4.79 Å². The second-order valence-electron chi connectivity index (χ2n) is 7.62. The summed E-state index contributed by atoms with van der Waals surface area (Å²) in [7, 11) is 1.27. The number of aryl methyl sites for hydroxylation is 2. The molecule has 1 aliphatic heterocycles. The lowest BCUT2D eigenvalue weighted by molar-refractivity contribution is -0.136. The summed E-state index contributed by atoms with van der Waals surface area (Å²) in [6.07, 6.45) is 0.912. The van der Waals surface area contributed by atoms with Crippen molar-refractivity contribution in [2.24, 2.45) is 0 Å². The number of nitrogens with one attached hydrogen (secondary N) is 1. The van der Waals surface area contributed by atoms with E-state index in [-0.39, 0.29) is 36.9 Å². The molecule has 0 fully saturated rings. The summed E-state index contributed by atoms with van der Waals surface area (Å²) in [5, 5.41) is 12.3. The zero-order valence-electron chi connectivity index (χ0n) is 18.3. The van der Waals surface area contributed by atoms with E-state index in [1.165, 1.54) is 17.6 Å². The molecule has 8 nitrogen and oxygen atoms in total. The Labute approximate surface area is 185 Å². The van der Waals surface area contributed by atoms with E-state index in [1.807, 2.05) is 43.3 Å². The third kappa shape index (κ3) is 3.97. The fourth-order valence-electron chi connectivity index (χ4n) is 3.69. The van der Waals surface area contributed by atoms with Crippen LogP contribution in [-0.4, -0.2) is 53.7 Å². The van der Waals surface area contributed by atoms with Crippen LogP contribution in [0.4, 0.5) is 5.69 Å². The zero-order chi connectivity index (χ0) is 22.8. The standard InChI is InChI=1S/C24H25N3O5/c1-4-15-6-8-20-19(11-15)26-22(32-20)16-7-5-14(2)18(12-16)25-21-17(24(30)31-3)13-27(9-10-28)23(21)29/h5-8,11-12,25,28H,4,9-10,13H2,1-3H3. The number of carbonyl (C=O) groups is 2. The van der Waals surface area contributed by atoms with E-state index in [9.17, 15) is 14.7 Å². The zero-order valence-corrected chi connectivity index (χ0v) is 18.3. The van der Waals surface area contributed by atoms with E-state index < -0.39 is 5.97 Å². The van der Waals surface area contributed by atoms with Gasteiger partial charge in [0.15, 0.2) is 5.58 Å². The number of nitrogens with zero attached hydrogens (tertiary/aromatic N) is 2. The molecule has 0 radical (unpaired) electrons. The molecule has 2 aromatic carbocycles. The maximum absolute atomic E-state index is 12.8. The van der Waals surface area contributed by atoms with Crippen molar-refractivity contribution in [1.82, 2.24) is 9.88 Å². The summed E-state index contributed by atoms with van der Waals surface area (Å²) in [6, 6.07) is 11.6. The van der Waals surface area contributed by atoms with Crippen molar-refractivity contribution in [1.29, 1.82) is 0 Å². The number of aromatic nitrogens is 1. The van der Waals surface area contributed by atoms with Crippen LogP contribution in [0, 0.1) is 6.92 Å². The summed E-state index contributed by atoms with van der Waals surface area (Å²) in [5.41, 5.74) is 5.31. The Morgan fingerprint density at radius 1 is 1.28 bits per heavy atom. The summed E-state index contributed by atoms with van der Waals surface area (Å²) < 4.78 is 10.8. The number of esters is 1. The van der Waals surface area contributed by atoms with Crippen molar-refractivity contribution < 1.29 is 23.8 Å². The van der Waals surface area contributed by atoms with Crippen molar-refractivity contribution in [3.63, 3.8) is 0 Å². The van der Waals surface area contributed by atoms with Gasteiger partial charge in [0, 0.05) is 17.8 Å². The average Bonchev–Trinajstić information content (AvgIpc) is 3.36. The van der Waals surface area contributed by atoms with Gasteiger partial charge < -0.3 is 24.5 Å². The van der Waals surface area contributed by atoms with Crippen LogP contribution in [0.1, 0.15) is 18.1 Å². The number of hydrogen-bond donors (Lipinski definition) is 2. The Morgan fingerprint density at radius 2 is 2.09 bits per heavy atom. The molecule has 4 rings (SSSR count). The van der Waals surface area contributed by atoms with Crippen LogP contribution in [0.25, 0.3) is 22.6 Å². The first-order valence-corrected chi connectivity index (χ1v) is 10.4. The first-order chi connectivity index (χ1) is 15.4. The molecule has 0 bridgehead atoms. The van der Waals surface area contributed by atoms with E-state index in [1.54, 1.807) is 0 Å². The van der Waals surface area contributed by atoms with Gasteiger partial charge in [-0.05, 0) is 48.7 Å². The van der Waals surface area contributed by atoms with Crippen molar-refractivity contribution in [2.45, 2.75) is 20.3 Å². The minimum Gasteiger partial charge on any atom is -0.466 e. The molecule has 0 saturated heterocycles. The van der Waals surface area contributed by atoms with Gasteiger partial charge in [0.2, 0.25) is 5.89 Å². The highest BCUT2D eigenvalue weighted by atomic mass is 16.5. The minimum absolute atomic E-state index is 0.0814. The number of oxazole rings is 1. The van der Waals surface area contributed by atoms with Crippen molar-refractivity contribution >= 4 is 28.7 Å². The lowest BCUT2D eigenvalue weighted by atomic mass is 10.1. The fraction of sp³-hybridized carbons (Fsp3) is 0.292. The number of aliphatic hydroxyl groups is 1. The molecule has 2 N–H and O–H groups in total. The van der Waals surface area contributed by atoms with Gasteiger partial charge in [0.25, 0.3) is 5.91 Å². The third-order valence-electron chi connectivity index (χ3n) is 5.56. The minimum atomic E-state index is -0.583. The quantitative estimate of drug-likeness (QED) is 0.550. The van der Waals surface area contributed by atoms with E-state index in [0.717, 1.165) is 23.1 Å². The molecule has 1 aliphatic rings. The molecule has 166 valence electrons.